The lowest BCUT2D eigenvalue weighted by atomic mass is 10.2. The van der Waals surface area contributed by atoms with Gasteiger partial charge in [-0.05, 0) is 23.8 Å². The lowest BCUT2D eigenvalue weighted by Gasteiger charge is -2.11. The van der Waals surface area contributed by atoms with Crippen molar-refractivity contribution in [2.75, 3.05) is 5.75 Å². The van der Waals surface area contributed by atoms with Crippen molar-refractivity contribution in [1.29, 1.82) is 0 Å². The summed E-state index contributed by atoms with van der Waals surface area (Å²) < 4.78 is 1.43. The van der Waals surface area contributed by atoms with Crippen molar-refractivity contribution in [3.8, 4) is 0 Å². The number of rotatable bonds is 8. The second-order valence-corrected chi connectivity index (χ2v) is 4.94. The highest BCUT2D eigenvalue weighted by Crippen LogP contribution is 2.13. The average molecular weight is 287 g/mol. The van der Waals surface area contributed by atoms with E-state index in [2.05, 4.69) is 20.8 Å². The highest BCUT2D eigenvalue weighted by atomic mass is 32.2. The summed E-state index contributed by atoms with van der Waals surface area (Å²) in [4.78, 5) is 22.1. The first-order valence-electron chi connectivity index (χ1n) is 5.93. The number of hydrogen-bond acceptors (Lipinski definition) is 6. The second-order valence-electron chi connectivity index (χ2n) is 3.99. The first-order valence-corrected chi connectivity index (χ1v) is 6.91. The standard InChI is InChI=1S/C10H17N5O3S/c1-3-7(2)11-8(16)4-5-15-10(12-13-14-15)19-6-9(17)18/h7H,3-6H2,1-2H3,(H,11,16)(H,17,18). The largest absolute Gasteiger partial charge is 0.481 e. The van der Waals surface area contributed by atoms with E-state index in [1.54, 1.807) is 0 Å². The van der Waals surface area contributed by atoms with Crippen LogP contribution in [0.3, 0.4) is 0 Å². The number of aliphatic carboxylic acids is 1. The molecule has 0 spiro atoms. The number of hydrogen-bond donors (Lipinski definition) is 2. The maximum Gasteiger partial charge on any atom is 0.313 e. The van der Waals surface area contributed by atoms with Crippen LogP contribution in [0, 0.1) is 0 Å². The van der Waals surface area contributed by atoms with Crippen molar-refractivity contribution >= 4 is 23.6 Å². The normalized spacial score (nSPS) is 12.1. The fourth-order valence-corrected chi connectivity index (χ4v) is 1.85. The van der Waals surface area contributed by atoms with Gasteiger partial charge in [-0.15, -0.1) is 5.10 Å². The Labute approximate surface area is 114 Å². The Balaban J connectivity index is 2.42. The van der Waals surface area contributed by atoms with Crippen molar-refractivity contribution in [3.63, 3.8) is 0 Å². The van der Waals surface area contributed by atoms with Gasteiger partial charge in [-0.1, -0.05) is 18.7 Å². The molecule has 9 heteroatoms. The molecule has 1 amide bonds. The third-order valence-electron chi connectivity index (χ3n) is 2.39. The Morgan fingerprint density at radius 2 is 2.26 bits per heavy atom. The van der Waals surface area contributed by atoms with Gasteiger partial charge in [0.05, 0.1) is 12.3 Å². The molecule has 0 aliphatic carbocycles. The molecule has 0 aromatic carbocycles. The highest BCUT2D eigenvalue weighted by Gasteiger charge is 2.11. The quantitative estimate of drug-likeness (QED) is 0.655. The second kappa shape index (κ2) is 7.72. The number of aryl methyl sites for hydroxylation is 1. The van der Waals surface area contributed by atoms with Gasteiger partial charge < -0.3 is 10.4 Å². The molecular formula is C10H17N5O3S. The van der Waals surface area contributed by atoms with Crippen molar-refractivity contribution in [2.24, 2.45) is 0 Å². The van der Waals surface area contributed by atoms with Crippen LogP contribution in [0.4, 0.5) is 0 Å². The summed E-state index contributed by atoms with van der Waals surface area (Å²) in [6.07, 6.45) is 1.13. The van der Waals surface area contributed by atoms with E-state index in [0.717, 1.165) is 18.2 Å². The van der Waals surface area contributed by atoms with Gasteiger partial charge in [-0.2, -0.15) is 0 Å². The first-order chi connectivity index (χ1) is 9.02. The van der Waals surface area contributed by atoms with Gasteiger partial charge in [-0.25, -0.2) is 4.68 Å². The van der Waals surface area contributed by atoms with Crippen molar-refractivity contribution in [1.82, 2.24) is 25.5 Å². The number of aromatic nitrogens is 4. The number of nitrogens with zero attached hydrogens (tertiary/aromatic N) is 4. The van der Waals surface area contributed by atoms with E-state index in [9.17, 15) is 9.59 Å². The monoisotopic (exact) mass is 287 g/mol. The van der Waals surface area contributed by atoms with E-state index in [0.29, 0.717) is 11.7 Å². The fourth-order valence-electron chi connectivity index (χ4n) is 1.22. The average Bonchev–Trinajstić information content (AvgIpc) is 2.81. The van der Waals surface area contributed by atoms with Gasteiger partial charge in [0.2, 0.25) is 11.1 Å². The number of tetrazole rings is 1. The van der Waals surface area contributed by atoms with Gasteiger partial charge in [-0.3, -0.25) is 9.59 Å². The van der Waals surface area contributed by atoms with Gasteiger partial charge in [0.15, 0.2) is 0 Å². The molecule has 1 heterocycles. The summed E-state index contributed by atoms with van der Waals surface area (Å²) in [7, 11) is 0. The predicted octanol–water partition coefficient (Wildman–Crippen LogP) is 0.155. The molecule has 0 aliphatic rings. The summed E-state index contributed by atoms with van der Waals surface area (Å²) in [6, 6.07) is 0.141. The minimum Gasteiger partial charge on any atom is -0.481 e. The third kappa shape index (κ3) is 5.69. The Morgan fingerprint density at radius 1 is 1.53 bits per heavy atom. The van der Waals surface area contributed by atoms with E-state index in [1.807, 2.05) is 13.8 Å². The molecule has 0 aliphatic heterocycles. The van der Waals surface area contributed by atoms with E-state index in [4.69, 9.17) is 5.11 Å². The fraction of sp³-hybridized carbons (Fsp3) is 0.700. The van der Waals surface area contributed by atoms with Gasteiger partial charge >= 0.3 is 5.97 Å². The van der Waals surface area contributed by atoms with Crippen LogP contribution in [0.15, 0.2) is 5.16 Å². The number of carboxylic acid groups (broad SMARTS) is 1. The van der Waals surface area contributed by atoms with Crippen LogP contribution in [0.25, 0.3) is 0 Å². The summed E-state index contributed by atoms with van der Waals surface area (Å²) in [5.41, 5.74) is 0. The number of nitrogens with one attached hydrogen (secondary N) is 1. The van der Waals surface area contributed by atoms with Gasteiger partial charge in [0, 0.05) is 12.5 Å². The summed E-state index contributed by atoms with van der Waals surface area (Å²) in [5, 5.41) is 22.7. The molecule has 2 N–H and O–H groups in total. The molecule has 0 radical (unpaired) electrons. The number of thioether (sulfide) groups is 1. The summed E-state index contributed by atoms with van der Waals surface area (Å²) in [5.74, 6) is -1.12. The Morgan fingerprint density at radius 3 is 2.89 bits per heavy atom. The van der Waals surface area contributed by atoms with E-state index in [-0.39, 0.29) is 24.1 Å². The molecule has 0 saturated heterocycles. The highest BCUT2D eigenvalue weighted by molar-refractivity contribution is 7.99. The molecule has 1 atom stereocenters. The molecule has 1 rings (SSSR count). The SMILES string of the molecule is CCC(C)NC(=O)CCn1nnnc1SCC(=O)O. The number of carbonyl (C=O) groups is 2. The van der Waals surface area contributed by atoms with E-state index < -0.39 is 5.97 Å². The molecule has 0 fully saturated rings. The molecule has 19 heavy (non-hydrogen) atoms. The summed E-state index contributed by atoms with van der Waals surface area (Å²) >= 11 is 1.03. The molecule has 8 nitrogen and oxygen atoms in total. The maximum atomic E-state index is 11.6. The van der Waals surface area contributed by atoms with Crippen LogP contribution in [0.1, 0.15) is 26.7 Å². The first kappa shape index (κ1) is 15.4. The number of carboxylic acids is 1. The zero-order chi connectivity index (χ0) is 14.3. The van der Waals surface area contributed by atoms with Crippen molar-refractivity contribution in [3.05, 3.63) is 0 Å². The molecule has 0 saturated carbocycles. The smallest absolute Gasteiger partial charge is 0.313 e. The lowest BCUT2D eigenvalue weighted by molar-refractivity contribution is -0.134. The van der Waals surface area contributed by atoms with Crippen LogP contribution in [0.2, 0.25) is 0 Å². The summed E-state index contributed by atoms with van der Waals surface area (Å²) in [6.45, 7) is 4.26. The molecular weight excluding hydrogens is 270 g/mol. The maximum absolute atomic E-state index is 11.6. The minimum atomic E-state index is -0.936. The van der Waals surface area contributed by atoms with Crippen LogP contribution < -0.4 is 5.32 Å². The van der Waals surface area contributed by atoms with Crippen LogP contribution in [-0.4, -0.2) is 49.0 Å². The number of amides is 1. The Hall–Kier alpha value is -1.64. The molecule has 0 bridgehead atoms. The zero-order valence-corrected chi connectivity index (χ0v) is 11.7. The van der Waals surface area contributed by atoms with E-state index in [1.165, 1.54) is 4.68 Å². The van der Waals surface area contributed by atoms with Gasteiger partial charge in [0.1, 0.15) is 0 Å². The molecule has 1 aromatic heterocycles. The van der Waals surface area contributed by atoms with E-state index >= 15 is 0 Å². The topological polar surface area (TPSA) is 110 Å². The molecule has 1 unspecified atom stereocenters. The van der Waals surface area contributed by atoms with Crippen molar-refractivity contribution in [2.45, 2.75) is 44.4 Å². The van der Waals surface area contributed by atoms with Crippen LogP contribution in [0.5, 0.6) is 0 Å². The van der Waals surface area contributed by atoms with Gasteiger partial charge in [0.25, 0.3) is 0 Å². The predicted molar refractivity (Wildman–Crippen MR) is 68.7 cm³/mol. The minimum absolute atomic E-state index is 0.0703. The molecule has 106 valence electrons. The van der Waals surface area contributed by atoms with Crippen LogP contribution >= 0.6 is 11.8 Å². The third-order valence-corrected chi connectivity index (χ3v) is 3.34. The Kier molecular flexibility index (Phi) is 6.26. The lowest BCUT2D eigenvalue weighted by Crippen LogP contribution is -2.32. The zero-order valence-electron chi connectivity index (χ0n) is 10.9. The molecule has 1 aromatic rings. The van der Waals surface area contributed by atoms with Crippen LogP contribution in [-0.2, 0) is 16.1 Å². The van der Waals surface area contributed by atoms with Crippen molar-refractivity contribution < 1.29 is 14.7 Å². The Bertz CT molecular complexity index is 437. The number of carbonyl (C=O) groups excluding carboxylic acids is 1.